The van der Waals surface area contributed by atoms with Crippen molar-refractivity contribution < 1.29 is 4.39 Å². The summed E-state index contributed by atoms with van der Waals surface area (Å²) in [5, 5.41) is 0. The van der Waals surface area contributed by atoms with E-state index in [1.807, 2.05) is 12.1 Å². The van der Waals surface area contributed by atoms with Crippen molar-refractivity contribution in [1.29, 1.82) is 0 Å². The summed E-state index contributed by atoms with van der Waals surface area (Å²) >= 11 is 0. The van der Waals surface area contributed by atoms with E-state index < -0.39 is 0 Å². The molecule has 2 nitrogen and oxygen atoms in total. The number of nitrogens with one attached hydrogen (secondary N) is 1. The molecule has 21 heavy (non-hydrogen) atoms. The Kier molecular flexibility index (Phi) is 4.32. The molecule has 0 saturated heterocycles. The second-order valence-electron chi connectivity index (χ2n) is 5.81. The summed E-state index contributed by atoms with van der Waals surface area (Å²) in [4.78, 5) is 0. The molecule has 2 aromatic carbocycles. The third kappa shape index (κ3) is 3.14. The number of hydrogen-bond donors (Lipinski definition) is 2. The van der Waals surface area contributed by atoms with E-state index in [0.717, 1.165) is 5.56 Å². The van der Waals surface area contributed by atoms with Gasteiger partial charge in [0.05, 0.1) is 6.04 Å². The minimum Gasteiger partial charge on any atom is -0.271 e. The standard InChI is InChI=1S/C18H21FN2/c19-15-8-3-5-13(11-15)12-18(21-20)17-10-2-1-9-16(17)14-6-4-7-14/h1-3,5,8-11,14,18,21H,4,6-7,12,20H2. The summed E-state index contributed by atoms with van der Waals surface area (Å²) in [5.41, 5.74) is 6.50. The van der Waals surface area contributed by atoms with E-state index in [-0.39, 0.29) is 11.9 Å². The van der Waals surface area contributed by atoms with Crippen molar-refractivity contribution in [3.05, 3.63) is 71.0 Å². The molecule has 0 amide bonds. The van der Waals surface area contributed by atoms with Gasteiger partial charge in [-0.15, -0.1) is 0 Å². The van der Waals surface area contributed by atoms with Crippen LogP contribution in [0.1, 0.15) is 47.9 Å². The molecule has 3 N–H and O–H groups in total. The van der Waals surface area contributed by atoms with Crippen molar-refractivity contribution in [3.63, 3.8) is 0 Å². The van der Waals surface area contributed by atoms with E-state index in [9.17, 15) is 4.39 Å². The third-order valence-electron chi connectivity index (χ3n) is 4.45. The lowest BCUT2D eigenvalue weighted by Crippen LogP contribution is -2.31. The summed E-state index contributed by atoms with van der Waals surface area (Å²) in [6.07, 6.45) is 4.52. The van der Waals surface area contributed by atoms with Gasteiger partial charge in [-0.3, -0.25) is 11.3 Å². The van der Waals surface area contributed by atoms with Crippen LogP contribution in [0.3, 0.4) is 0 Å². The first-order valence-corrected chi connectivity index (χ1v) is 7.57. The number of nitrogens with two attached hydrogens (primary N) is 1. The second kappa shape index (κ2) is 6.37. The van der Waals surface area contributed by atoms with E-state index in [1.54, 1.807) is 12.1 Å². The van der Waals surface area contributed by atoms with E-state index in [4.69, 9.17) is 5.84 Å². The van der Waals surface area contributed by atoms with Gasteiger partial charge in [0, 0.05) is 0 Å². The molecule has 0 bridgehead atoms. The van der Waals surface area contributed by atoms with E-state index >= 15 is 0 Å². The van der Waals surface area contributed by atoms with Crippen LogP contribution in [0.2, 0.25) is 0 Å². The van der Waals surface area contributed by atoms with Crippen LogP contribution in [0, 0.1) is 5.82 Å². The minimum atomic E-state index is -0.199. The zero-order valence-electron chi connectivity index (χ0n) is 12.1. The minimum absolute atomic E-state index is 0.0172. The molecule has 0 aromatic heterocycles. The van der Waals surface area contributed by atoms with Crippen LogP contribution in [0.25, 0.3) is 0 Å². The Balaban J connectivity index is 1.86. The van der Waals surface area contributed by atoms with Gasteiger partial charge in [-0.05, 0) is 54.0 Å². The number of halogens is 1. The number of hydrazine groups is 1. The lowest BCUT2D eigenvalue weighted by molar-refractivity contribution is 0.411. The van der Waals surface area contributed by atoms with Gasteiger partial charge >= 0.3 is 0 Å². The Labute approximate surface area is 125 Å². The van der Waals surface area contributed by atoms with Gasteiger partial charge in [0.25, 0.3) is 0 Å². The van der Waals surface area contributed by atoms with Gasteiger partial charge in [-0.25, -0.2) is 4.39 Å². The van der Waals surface area contributed by atoms with Crippen LogP contribution >= 0.6 is 0 Å². The van der Waals surface area contributed by atoms with Crippen molar-refractivity contribution in [2.45, 2.75) is 37.6 Å². The molecule has 0 radical (unpaired) electrons. The molecule has 0 heterocycles. The molecular formula is C18H21FN2. The molecule has 0 aliphatic heterocycles. The van der Waals surface area contributed by atoms with Gasteiger partial charge in [0.1, 0.15) is 5.82 Å². The van der Waals surface area contributed by atoms with Gasteiger partial charge in [0.2, 0.25) is 0 Å². The lowest BCUT2D eigenvalue weighted by atomic mass is 9.76. The Morgan fingerprint density at radius 3 is 2.62 bits per heavy atom. The molecular weight excluding hydrogens is 263 g/mol. The monoisotopic (exact) mass is 284 g/mol. The van der Waals surface area contributed by atoms with Crippen LogP contribution in [0.4, 0.5) is 4.39 Å². The second-order valence-corrected chi connectivity index (χ2v) is 5.81. The highest BCUT2D eigenvalue weighted by molar-refractivity contribution is 5.35. The average molecular weight is 284 g/mol. The predicted molar refractivity (Wildman–Crippen MR) is 83.2 cm³/mol. The maximum absolute atomic E-state index is 13.3. The summed E-state index contributed by atoms with van der Waals surface area (Å²) in [5.74, 6) is 6.23. The van der Waals surface area contributed by atoms with Gasteiger partial charge in [-0.2, -0.15) is 0 Å². The van der Waals surface area contributed by atoms with Gasteiger partial charge in [-0.1, -0.05) is 42.8 Å². The van der Waals surface area contributed by atoms with Gasteiger partial charge < -0.3 is 0 Å². The van der Waals surface area contributed by atoms with Crippen LogP contribution in [-0.4, -0.2) is 0 Å². The molecule has 1 fully saturated rings. The Morgan fingerprint density at radius 1 is 1.14 bits per heavy atom. The molecule has 1 aliphatic carbocycles. The molecule has 1 saturated carbocycles. The molecule has 3 heteroatoms. The Bertz CT molecular complexity index is 608. The summed E-state index contributed by atoms with van der Waals surface area (Å²) in [6.45, 7) is 0. The topological polar surface area (TPSA) is 38.0 Å². The summed E-state index contributed by atoms with van der Waals surface area (Å²) < 4.78 is 13.3. The zero-order valence-corrected chi connectivity index (χ0v) is 12.1. The van der Waals surface area contributed by atoms with Crippen molar-refractivity contribution in [3.8, 4) is 0 Å². The number of rotatable bonds is 5. The number of benzene rings is 2. The highest BCUT2D eigenvalue weighted by atomic mass is 19.1. The third-order valence-corrected chi connectivity index (χ3v) is 4.45. The predicted octanol–water partition coefficient (Wildman–Crippen LogP) is 3.84. The maximum atomic E-state index is 13.3. The van der Waals surface area contributed by atoms with E-state index in [2.05, 4.69) is 23.6 Å². The smallest absolute Gasteiger partial charge is 0.123 e. The van der Waals surface area contributed by atoms with E-state index in [0.29, 0.717) is 12.3 Å². The fraction of sp³-hybridized carbons (Fsp3) is 0.333. The molecule has 1 aliphatic rings. The molecule has 1 unspecified atom stereocenters. The van der Waals surface area contributed by atoms with Crippen molar-refractivity contribution in [1.82, 2.24) is 5.43 Å². The van der Waals surface area contributed by atoms with Crippen molar-refractivity contribution in [2.75, 3.05) is 0 Å². The molecule has 110 valence electrons. The maximum Gasteiger partial charge on any atom is 0.123 e. The lowest BCUT2D eigenvalue weighted by Gasteiger charge is -2.30. The van der Waals surface area contributed by atoms with Crippen LogP contribution in [-0.2, 0) is 6.42 Å². The number of hydrogen-bond acceptors (Lipinski definition) is 2. The first-order chi connectivity index (χ1) is 10.3. The van der Waals surface area contributed by atoms with E-state index in [1.165, 1.54) is 36.5 Å². The SMILES string of the molecule is NNC(Cc1cccc(F)c1)c1ccccc1C1CCC1. The summed E-state index contributed by atoms with van der Waals surface area (Å²) in [7, 11) is 0. The first-order valence-electron chi connectivity index (χ1n) is 7.57. The zero-order chi connectivity index (χ0) is 14.7. The molecule has 2 aromatic rings. The molecule has 1 atom stereocenters. The highest BCUT2D eigenvalue weighted by Crippen LogP contribution is 2.39. The van der Waals surface area contributed by atoms with Gasteiger partial charge in [0.15, 0.2) is 0 Å². The fourth-order valence-electron chi connectivity index (χ4n) is 3.08. The summed E-state index contributed by atoms with van der Waals surface area (Å²) in [6, 6.07) is 15.2. The van der Waals surface area contributed by atoms with Crippen LogP contribution in [0.5, 0.6) is 0 Å². The molecule has 3 rings (SSSR count). The normalized spacial score (nSPS) is 16.5. The average Bonchev–Trinajstić information content (AvgIpc) is 2.44. The quantitative estimate of drug-likeness (QED) is 0.646. The van der Waals surface area contributed by atoms with Crippen LogP contribution < -0.4 is 11.3 Å². The Hall–Kier alpha value is -1.71. The fourth-order valence-corrected chi connectivity index (χ4v) is 3.08. The molecule has 0 spiro atoms. The Morgan fingerprint density at radius 2 is 1.95 bits per heavy atom. The largest absolute Gasteiger partial charge is 0.271 e. The highest BCUT2D eigenvalue weighted by Gasteiger charge is 2.24. The first kappa shape index (κ1) is 14.2. The van der Waals surface area contributed by atoms with Crippen LogP contribution in [0.15, 0.2) is 48.5 Å². The van der Waals surface area contributed by atoms with Crippen molar-refractivity contribution in [2.24, 2.45) is 5.84 Å². The van der Waals surface area contributed by atoms with Crippen molar-refractivity contribution >= 4 is 0 Å².